The maximum absolute atomic E-state index is 12.7. The van der Waals surface area contributed by atoms with Gasteiger partial charge in [0.2, 0.25) is 0 Å². The lowest BCUT2D eigenvalue weighted by Gasteiger charge is -2.27. The van der Waals surface area contributed by atoms with Crippen molar-refractivity contribution in [3.63, 3.8) is 0 Å². The Labute approximate surface area is 147 Å². The van der Waals surface area contributed by atoms with E-state index in [0.717, 1.165) is 0 Å². The van der Waals surface area contributed by atoms with E-state index in [-0.39, 0.29) is 29.4 Å². The summed E-state index contributed by atoms with van der Waals surface area (Å²) in [5.41, 5.74) is 0.712. The van der Waals surface area contributed by atoms with E-state index in [1.54, 1.807) is 19.2 Å². The standard InChI is InChI=1S/C19H25NO5/c1-12(2)10-15(22)16-17(13-6-4-7-14(21)11-13)20(8-5-9-25-3)19(24)18(16)23/h4,6-7,11-12,17,21,23H,5,8-10H2,1-3H3. The van der Waals surface area contributed by atoms with Crippen LogP contribution in [-0.2, 0) is 14.3 Å². The fourth-order valence-electron chi connectivity index (χ4n) is 3.07. The first-order valence-corrected chi connectivity index (χ1v) is 8.42. The lowest BCUT2D eigenvalue weighted by Crippen LogP contribution is -2.32. The third-order valence-electron chi connectivity index (χ3n) is 4.13. The maximum atomic E-state index is 12.7. The molecule has 1 atom stereocenters. The zero-order chi connectivity index (χ0) is 18.6. The van der Waals surface area contributed by atoms with Gasteiger partial charge in [-0.3, -0.25) is 9.59 Å². The van der Waals surface area contributed by atoms with Crippen LogP contribution in [0.4, 0.5) is 0 Å². The first-order chi connectivity index (χ1) is 11.9. The Bertz CT molecular complexity index is 680. The van der Waals surface area contributed by atoms with Gasteiger partial charge in [-0.05, 0) is 30.0 Å². The summed E-state index contributed by atoms with van der Waals surface area (Å²) in [5, 5.41) is 20.1. The van der Waals surface area contributed by atoms with Crippen molar-refractivity contribution in [1.82, 2.24) is 4.90 Å². The zero-order valence-electron chi connectivity index (χ0n) is 14.9. The van der Waals surface area contributed by atoms with Crippen LogP contribution in [-0.4, -0.2) is 47.1 Å². The predicted molar refractivity (Wildman–Crippen MR) is 93.2 cm³/mol. The molecule has 1 aromatic rings. The molecule has 0 aliphatic carbocycles. The molecule has 0 fully saturated rings. The van der Waals surface area contributed by atoms with Crippen LogP contribution in [0.15, 0.2) is 35.6 Å². The van der Waals surface area contributed by atoms with Gasteiger partial charge < -0.3 is 19.8 Å². The predicted octanol–water partition coefficient (Wildman–Crippen LogP) is 2.74. The molecule has 1 aromatic carbocycles. The summed E-state index contributed by atoms with van der Waals surface area (Å²) in [4.78, 5) is 26.7. The highest BCUT2D eigenvalue weighted by Gasteiger charge is 2.43. The van der Waals surface area contributed by atoms with E-state index >= 15 is 0 Å². The average Bonchev–Trinajstić information content (AvgIpc) is 2.79. The van der Waals surface area contributed by atoms with Gasteiger partial charge in [0.1, 0.15) is 5.75 Å². The maximum Gasteiger partial charge on any atom is 0.290 e. The fraction of sp³-hybridized carbons (Fsp3) is 0.474. The second-order valence-corrected chi connectivity index (χ2v) is 6.63. The molecule has 2 rings (SSSR count). The van der Waals surface area contributed by atoms with Gasteiger partial charge in [0, 0.05) is 26.7 Å². The van der Waals surface area contributed by atoms with Crippen molar-refractivity contribution in [3.05, 3.63) is 41.2 Å². The number of benzene rings is 1. The molecule has 1 heterocycles. The topological polar surface area (TPSA) is 87.1 Å². The van der Waals surface area contributed by atoms with Gasteiger partial charge in [-0.15, -0.1) is 0 Å². The minimum Gasteiger partial charge on any atom is -0.508 e. The average molecular weight is 347 g/mol. The quantitative estimate of drug-likeness (QED) is 0.706. The minimum atomic E-state index is -0.692. The number of aromatic hydroxyl groups is 1. The number of carbonyl (C=O) groups excluding carboxylic acids is 2. The molecule has 0 saturated heterocycles. The lowest BCUT2D eigenvalue weighted by molar-refractivity contribution is -0.129. The number of carbonyl (C=O) groups is 2. The number of amides is 1. The number of nitrogens with zero attached hydrogens (tertiary/aromatic N) is 1. The summed E-state index contributed by atoms with van der Waals surface area (Å²) in [5.74, 6) is -1.14. The summed E-state index contributed by atoms with van der Waals surface area (Å²) < 4.78 is 5.03. The number of rotatable bonds is 8. The summed E-state index contributed by atoms with van der Waals surface area (Å²) >= 11 is 0. The number of aliphatic hydroxyl groups is 1. The van der Waals surface area contributed by atoms with Crippen molar-refractivity contribution in [2.75, 3.05) is 20.3 Å². The van der Waals surface area contributed by atoms with E-state index < -0.39 is 17.7 Å². The highest BCUT2D eigenvalue weighted by atomic mass is 16.5. The van der Waals surface area contributed by atoms with Gasteiger partial charge in [0.05, 0.1) is 11.6 Å². The van der Waals surface area contributed by atoms with Gasteiger partial charge in [-0.1, -0.05) is 26.0 Å². The number of ether oxygens (including phenoxy) is 1. The van der Waals surface area contributed by atoms with E-state index in [2.05, 4.69) is 0 Å². The highest BCUT2D eigenvalue weighted by molar-refractivity contribution is 6.09. The molecule has 2 N–H and O–H groups in total. The molecule has 0 saturated carbocycles. The summed E-state index contributed by atoms with van der Waals surface area (Å²) in [6.45, 7) is 4.63. The molecule has 25 heavy (non-hydrogen) atoms. The molecule has 1 unspecified atom stereocenters. The Balaban J connectivity index is 2.42. The van der Waals surface area contributed by atoms with E-state index in [4.69, 9.17) is 4.74 Å². The van der Waals surface area contributed by atoms with E-state index in [1.165, 1.54) is 17.0 Å². The zero-order valence-corrected chi connectivity index (χ0v) is 14.9. The molecule has 0 spiro atoms. The van der Waals surface area contributed by atoms with E-state index in [0.29, 0.717) is 25.1 Å². The van der Waals surface area contributed by atoms with Crippen LogP contribution in [0, 0.1) is 5.92 Å². The van der Waals surface area contributed by atoms with Gasteiger partial charge in [0.15, 0.2) is 11.5 Å². The number of Topliss-reactive ketones (excluding diaryl/α,β-unsaturated/α-hetero) is 1. The molecule has 136 valence electrons. The molecule has 0 bridgehead atoms. The third kappa shape index (κ3) is 4.20. The van der Waals surface area contributed by atoms with Crippen molar-refractivity contribution in [3.8, 4) is 5.75 Å². The number of phenols is 1. The van der Waals surface area contributed by atoms with Gasteiger partial charge in [0.25, 0.3) is 5.91 Å². The SMILES string of the molecule is COCCCN1C(=O)C(O)=C(C(=O)CC(C)C)C1c1cccc(O)c1. The fourth-order valence-corrected chi connectivity index (χ4v) is 3.07. The molecule has 6 heteroatoms. The lowest BCUT2D eigenvalue weighted by atomic mass is 9.92. The molecule has 1 amide bonds. The Kier molecular flexibility index (Phi) is 6.20. The Morgan fingerprint density at radius 1 is 1.32 bits per heavy atom. The first-order valence-electron chi connectivity index (χ1n) is 8.42. The number of hydrogen-bond acceptors (Lipinski definition) is 5. The summed E-state index contributed by atoms with van der Waals surface area (Å²) in [7, 11) is 1.58. The molecule has 0 radical (unpaired) electrons. The van der Waals surface area contributed by atoms with Gasteiger partial charge in [-0.2, -0.15) is 0 Å². The Morgan fingerprint density at radius 2 is 2.04 bits per heavy atom. The van der Waals surface area contributed by atoms with Crippen LogP contribution >= 0.6 is 0 Å². The van der Waals surface area contributed by atoms with E-state index in [1.807, 2.05) is 13.8 Å². The van der Waals surface area contributed by atoms with Crippen molar-refractivity contribution in [1.29, 1.82) is 0 Å². The number of methoxy groups -OCH3 is 1. The van der Waals surface area contributed by atoms with Crippen LogP contribution in [0.25, 0.3) is 0 Å². The summed E-state index contributed by atoms with van der Waals surface area (Å²) in [6.07, 6.45) is 0.824. The minimum absolute atomic E-state index is 0.0452. The van der Waals surface area contributed by atoms with Crippen LogP contribution in [0.3, 0.4) is 0 Å². The molecule has 1 aliphatic rings. The van der Waals surface area contributed by atoms with E-state index in [9.17, 15) is 19.8 Å². The Hall–Kier alpha value is -2.34. The van der Waals surface area contributed by atoms with Gasteiger partial charge >= 0.3 is 0 Å². The molecule has 1 aliphatic heterocycles. The highest BCUT2D eigenvalue weighted by Crippen LogP contribution is 2.39. The van der Waals surface area contributed by atoms with Crippen LogP contribution in [0.2, 0.25) is 0 Å². The molecular weight excluding hydrogens is 322 g/mol. The van der Waals surface area contributed by atoms with Crippen molar-refractivity contribution >= 4 is 11.7 Å². The van der Waals surface area contributed by atoms with Crippen molar-refractivity contribution < 1.29 is 24.5 Å². The van der Waals surface area contributed by atoms with Gasteiger partial charge in [-0.25, -0.2) is 0 Å². The van der Waals surface area contributed by atoms with Crippen molar-refractivity contribution in [2.24, 2.45) is 5.92 Å². The third-order valence-corrected chi connectivity index (χ3v) is 4.13. The molecular formula is C19H25NO5. The van der Waals surface area contributed by atoms with Crippen LogP contribution in [0.1, 0.15) is 38.3 Å². The second kappa shape index (κ2) is 8.16. The molecule has 6 nitrogen and oxygen atoms in total. The van der Waals surface area contributed by atoms with Crippen LogP contribution < -0.4 is 0 Å². The van der Waals surface area contributed by atoms with Crippen molar-refractivity contribution in [2.45, 2.75) is 32.7 Å². The largest absolute Gasteiger partial charge is 0.508 e. The smallest absolute Gasteiger partial charge is 0.290 e. The Morgan fingerprint density at radius 3 is 2.64 bits per heavy atom. The van der Waals surface area contributed by atoms with Crippen LogP contribution in [0.5, 0.6) is 5.75 Å². The number of ketones is 1. The number of aliphatic hydroxyl groups excluding tert-OH is 1. The normalized spacial score (nSPS) is 17.7. The first kappa shape index (κ1) is 19.0. The second-order valence-electron chi connectivity index (χ2n) is 6.63. The monoisotopic (exact) mass is 347 g/mol. The summed E-state index contributed by atoms with van der Waals surface area (Å²) in [6, 6.07) is 5.74. The number of phenolic OH excluding ortho intramolecular Hbond substituents is 1. The number of hydrogen-bond donors (Lipinski definition) is 2. The molecule has 0 aromatic heterocycles.